The highest BCUT2D eigenvalue weighted by atomic mass is 79.9. The molecule has 1 fully saturated rings. The summed E-state index contributed by atoms with van der Waals surface area (Å²) in [6.45, 7) is 1.99. The van der Waals surface area contributed by atoms with E-state index in [4.69, 9.17) is 5.73 Å². The molecule has 2 amide bonds. The first kappa shape index (κ1) is 22.7. The van der Waals surface area contributed by atoms with Gasteiger partial charge in [-0.1, -0.05) is 22.0 Å². The number of likely N-dealkylation sites (tertiary alicyclic amines) is 1. The number of fused-ring (bicyclic) bond motifs is 3. The first-order chi connectivity index (χ1) is 16.3. The lowest BCUT2D eigenvalue weighted by Crippen LogP contribution is -2.47. The van der Waals surface area contributed by atoms with Gasteiger partial charge in [0.25, 0.3) is 0 Å². The number of rotatable bonds is 4. The molecule has 174 valence electrons. The van der Waals surface area contributed by atoms with Crippen LogP contribution < -0.4 is 11.1 Å². The maximum Gasteiger partial charge on any atom is 0.248 e. The van der Waals surface area contributed by atoms with Crippen molar-refractivity contribution in [1.29, 1.82) is 0 Å². The van der Waals surface area contributed by atoms with Crippen LogP contribution in [0.2, 0.25) is 0 Å². The number of anilines is 2. The van der Waals surface area contributed by atoms with Gasteiger partial charge in [0.1, 0.15) is 40.8 Å². The van der Waals surface area contributed by atoms with Crippen LogP contribution in [0.3, 0.4) is 0 Å². The Morgan fingerprint density at radius 2 is 2.00 bits per heavy atom. The molecule has 0 saturated carbocycles. The molecule has 0 spiro atoms. The summed E-state index contributed by atoms with van der Waals surface area (Å²) < 4.78 is 3.35. The summed E-state index contributed by atoms with van der Waals surface area (Å²) in [5.74, 6) is 0.381. The number of hydrogen-bond donors (Lipinski definition) is 2. The lowest BCUT2D eigenvalue weighted by Gasteiger charge is -2.28. The maximum absolute atomic E-state index is 13.6. The summed E-state index contributed by atoms with van der Waals surface area (Å²) in [5, 5.41) is 4.40. The average Bonchev–Trinajstić information content (AvgIpc) is 3.32. The molecule has 0 aliphatic carbocycles. The van der Waals surface area contributed by atoms with Gasteiger partial charge in [0.05, 0.1) is 10.9 Å². The Balaban J connectivity index is 1.47. The van der Waals surface area contributed by atoms with Gasteiger partial charge in [-0.3, -0.25) is 9.59 Å². The zero-order chi connectivity index (χ0) is 24.0. The highest BCUT2D eigenvalue weighted by Gasteiger charge is 2.39. The zero-order valence-corrected chi connectivity index (χ0v) is 21.4. The zero-order valence-electron chi connectivity index (χ0n) is 18.2. The molecular weight excluding hydrogens is 566 g/mol. The van der Waals surface area contributed by atoms with E-state index < -0.39 is 6.04 Å². The standard InChI is InChI=1S/C23H21Br2N7O2/c1-12-5-7-16(23(34)30-18-4-2-3-17(25)29-18)32(12)19(33)10-31-15-8-6-13(24)9-14(15)20-21(26)27-11-28-22(20)31/h2-4,6,8-9,11-12,16H,5,7,10H2,1H3,(H2,26,27,28)(H,29,30,34)/t12-,16+/m1/s1. The van der Waals surface area contributed by atoms with Crippen molar-refractivity contribution in [2.24, 2.45) is 0 Å². The topological polar surface area (TPSA) is 119 Å². The van der Waals surface area contributed by atoms with Crippen LogP contribution in [0.15, 0.2) is 51.8 Å². The Kier molecular flexibility index (Phi) is 5.98. The summed E-state index contributed by atoms with van der Waals surface area (Å²) in [6, 6.07) is 10.4. The molecule has 9 nitrogen and oxygen atoms in total. The maximum atomic E-state index is 13.6. The number of nitrogen functional groups attached to an aromatic ring is 1. The quantitative estimate of drug-likeness (QED) is 0.347. The summed E-state index contributed by atoms with van der Waals surface area (Å²) in [4.78, 5) is 41.2. The molecule has 5 rings (SSSR count). The number of carbonyl (C=O) groups excluding carboxylic acids is 2. The summed E-state index contributed by atoms with van der Waals surface area (Å²) in [6.07, 6.45) is 2.72. The average molecular weight is 587 g/mol. The smallest absolute Gasteiger partial charge is 0.248 e. The molecular formula is C23H21Br2N7O2. The van der Waals surface area contributed by atoms with Gasteiger partial charge < -0.3 is 20.5 Å². The molecule has 0 unspecified atom stereocenters. The Morgan fingerprint density at radius 1 is 1.18 bits per heavy atom. The van der Waals surface area contributed by atoms with Gasteiger partial charge in [-0.25, -0.2) is 15.0 Å². The van der Waals surface area contributed by atoms with Crippen LogP contribution in [-0.2, 0) is 16.1 Å². The van der Waals surface area contributed by atoms with Crippen molar-refractivity contribution in [3.05, 3.63) is 51.8 Å². The van der Waals surface area contributed by atoms with Crippen molar-refractivity contribution in [3.63, 3.8) is 0 Å². The fourth-order valence-corrected chi connectivity index (χ4v) is 5.34. The van der Waals surface area contributed by atoms with Gasteiger partial charge in [0, 0.05) is 15.9 Å². The van der Waals surface area contributed by atoms with Crippen molar-refractivity contribution >= 4 is 77.2 Å². The van der Waals surface area contributed by atoms with Crippen LogP contribution in [0.5, 0.6) is 0 Å². The van der Waals surface area contributed by atoms with Gasteiger partial charge in [-0.2, -0.15) is 0 Å². The number of benzene rings is 1. The second kappa shape index (κ2) is 8.95. The fourth-order valence-electron chi connectivity index (χ4n) is 4.64. The van der Waals surface area contributed by atoms with E-state index in [1.165, 1.54) is 6.33 Å². The van der Waals surface area contributed by atoms with Gasteiger partial charge in [-0.15, -0.1) is 0 Å². The number of amides is 2. The molecule has 4 aromatic rings. The van der Waals surface area contributed by atoms with E-state index in [-0.39, 0.29) is 24.4 Å². The number of carbonyl (C=O) groups is 2. The van der Waals surface area contributed by atoms with Crippen LogP contribution in [-0.4, -0.2) is 48.3 Å². The third-order valence-corrected chi connectivity index (χ3v) is 7.08. The molecule has 3 aromatic heterocycles. The molecule has 4 heterocycles. The summed E-state index contributed by atoms with van der Waals surface area (Å²) in [5.41, 5.74) is 7.58. The second-order valence-corrected chi connectivity index (χ2v) is 10.0. The molecule has 0 bridgehead atoms. The Bertz CT molecular complexity index is 1440. The fraction of sp³-hybridized carbons (Fsp3) is 0.261. The van der Waals surface area contributed by atoms with Gasteiger partial charge in [0.15, 0.2) is 0 Å². The number of halogens is 2. The molecule has 11 heteroatoms. The lowest BCUT2D eigenvalue weighted by atomic mass is 10.2. The number of hydrogen-bond acceptors (Lipinski definition) is 6. The predicted octanol–water partition coefficient (Wildman–Crippen LogP) is 4.10. The minimum atomic E-state index is -0.579. The molecule has 0 radical (unpaired) electrons. The number of aromatic nitrogens is 4. The summed E-state index contributed by atoms with van der Waals surface area (Å²) in [7, 11) is 0. The van der Waals surface area contributed by atoms with Crippen LogP contribution in [0.1, 0.15) is 19.8 Å². The van der Waals surface area contributed by atoms with Gasteiger partial charge in [-0.05, 0) is 66.0 Å². The monoisotopic (exact) mass is 585 g/mol. The Hall–Kier alpha value is -3.05. The molecule has 1 aliphatic heterocycles. The van der Waals surface area contributed by atoms with Crippen LogP contribution in [0, 0.1) is 0 Å². The second-order valence-electron chi connectivity index (χ2n) is 8.28. The molecule has 2 atom stereocenters. The van der Waals surface area contributed by atoms with Crippen LogP contribution >= 0.6 is 31.9 Å². The van der Waals surface area contributed by atoms with Gasteiger partial charge >= 0.3 is 0 Å². The molecule has 1 aliphatic rings. The van der Waals surface area contributed by atoms with Crippen molar-refractivity contribution < 1.29 is 9.59 Å². The number of nitrogens with two attached hydrogens (primary N) is 1. The number of nitrogens with zero attached hydrogens (tertiary/aromatic N) is 5. The van der Waals surface area contributed by atoms with E-state index in [0.717, 1.165) is 21.8 Å². The first-order valence-electron chi connectivity index (χ1n) is 10.8. The SMILES string of the molecule is C[C@@H]1CC[C@@H](C(=O)Nc2cccc(Br)n2)N1C(=O)Cn1c2ccc(Br)cc2c2c(N)ncnc21. The van der Waals surface area contributed by atoms with Crippen molar-refractivity contribution in [2.45, 2.75) is 38.4 Å². The predicted molar refractivity (Wildman–Crippen MR) is 137 cm³/mol. The Morgan fingerprint density at radius 3 is 2.79 bits per heavy atom. The van der Waals surface area contributed by atoms with E-state index >= 15 is 0 Å². The van der Waals surface area contributed by atoms with E-state index in [1.807, 2.05) is 29.7 Å². The normalized spacial score (nSPS) is 18.0. The molecule has 3 N–H and O–H groups in total. The number of pyridine rings is 1. The van der Waals surface area contributed by atoms with Crippen molar-refractivity contribution in [2.75, 3.05) is 11.1 Å². The summed E-state index contributed by atoms with van der Waals surface area (Å²) >= 11 is 6.81. The van der Waals surface area contributed by atoms with E-state index in [0.29, 0.717) is 33.7 Å². The third kappa shape index (κ3) is 4.03. The molecule has 1 saturated heterocycles. The highest BCUT2D eigenvalue weighted by Crippen LogP contribution is 2.33. The van der Waals surface area contributed by atoms with E-state index in [2.05, 4.69) is 52.1 Å². The highest BCUT2D eigenvalue weighted by molar-refractivity contribution is 9.10. The first-order valence-corrected chi connectivity index (χ1v) is 12.3. The van der Waals surface area contributed by atoms with Crippen LogP contribution in [0.25, 0.3) is 21.9 Å². The largest absolute Gasteiger partial charge is 0.383 e. The lowest BCUT2D eigenvalue weighted by molar-refractivity contribution is -0.138. The minimum Gasteiger partial charge on any atom is -0.383 e. The third-order valence-electron chi connectivity index (χ3n) is 6.15. The minimum absolute atomic E-state index is 0.0291. The van der Waals surface area contributed by atoms with Crippen LogP contribution in [0.4, 0.5) is 11.6 Å². The molecule has 1 aromatic carbocycles. The van der Waals surface area contributed by atoms with Crippen molar-refractivity contribution in [3.8, 4) is 0 Å². The van der Waals surface area contributed by atoms with Crippen molar-refractivity contribution in [1.82, 2.24) is 24.4 Å². The van der Waals surface area contributed by atoms with Gasteiger partial charge in [0.2, 0.25) is 11.8 Å². The molecule has 34 heavy (non-hydrogen) atoms. The van der Waals surface area contributed by atoms with E-state index in [1.54, 1.807) is 23.1 Å². The van der Waals surface area contributed by atoms with E-state index in [9.17, 15) is 9.59 Å². The number of nitrogens with one attached hydrogen (secondary N) is 1. The Labute approximate surface area is 212 Å².